The SMILES string of the molecule is CC(C)CC[C@H](C[C@H](O)[C@H](Cc1ccccc1)NC(=O)c1cc(N2CCCC2=O)cc(N2CCCC2=O)c1)C(=O)NC1CC2CCC1C2. The van der Waals surface area contributed by atoms with Crippen LogP contribution < -0.4 is 20.4 Å². The standard InChI is InChI=1S/C39H52N4O5/c1-25(2)12-14-29(38(47)40-33-20-27-13-15-28(33)18-27)23-35(44)34(19-26-8-4-3-5-9-26)41-39(48)30-21-31(42-16-6-10-36(42)45)24-32(22-30)43-17-7-11-37(43)46/h3-5,8-9,21-22,24-25,27-29,33-35,44H,6-7,10-20,23H2,1-2H3,(H,40,47)(H,41,48)/t27?,28?,29-,33?,34+,35+/m1/s1. The third-order valence-electron chi connectivity index (χ3n) is 11.1. The summed E-state index contributed by atoms with van der Waals surface area (Å²) in [5.41, 5.74) is 2.50. The van der Waals surface area contributed by atoms with Crippen molar-refractivity contribution in [3.63, 3.8) is 0 Å². The van der Waals surface area contributed by atoms with Crippen molar-refractivity contribution in [3.05, 3.63) is 59.7 Å². The van der Waals surface area contributed by atoms with E-state index in [1.165, 1.54) is 19.3 Å². The molecule has 2 aromatic rings. The molecule has 258 valence electrons. The third kappa shape index (κ3) is 8.11. The van der Waals surface area contributed by atoms with Gasteiger partial charge in [-0.05, 0) is 92.9 Å². The fraction of sp³-hybridized carbons (Fsp3) is 0.590. The largest absolute Gasteiger partial charge is 0.391 e. The fourth-order valence-corrected chi connectivity index (χ4v) is 8.35. The maximum absolute atomic E-state index is 14.1. The van der Waals surface area contributed by atoms with Crippen LogP contribution in [0.3, 0.4) is 0 Å². The Labute approximate surface area is 284 Å². The van der Waals surface area contributed by atoms with Crippen LogP contribution in [0.4, 0.5) is 11.4 Å². The van der Waals surface area contributed by atoms with Gasteiger partial charge in [-0.3, -0.25) is 19.2 Å². The molecule has 0 aromatic heterocycles. The maximum atomic E-state index is 14.1. The van der Waals surface area contributed by atoms with Gasteiger partial charge in [-0.25, -0.2) is 0 Å². The number of nitrogens with zero attached hydrogens (tertiary/aromatic N) is 2. The first-order chi connectivity index (χ1) is 23.1. The van der Waals surface area contributed by atoms with Gasteiger partial charge in [0.25, 0.3) is 5.91 Å². The molecular formula is C39H52N4O5. The Hall–Kier alpha value is -3.72. The number of fused-ring (bicyclic) bond motifs is 2. The summed E-state index contributed by atoms with van der Waals surface area (Å²) in [7, 11) is 0. The molecule has 6 atom stereocenters. The smallest absolute Gasteiger partial charge is 0.251 e. The molecule has 2 saturated heterocycles. The van der Waals surface area contributed by atoms with Gasteiger partial charge in [-0.2, -0.15) is 0 Å². The predicted molar refractivity (Wildman–Crippen MR) is 187 cm³/mol. The van der Waals surface area contributed by atoms with Crippen molar-refractivity contribution >= 4 is 35.0 Å². The van der Waals surface area contributed by atoms with E-state index in [-0.39, 0.29) is 42.0 Å². The molecule has 0 spiro atoms. The minimum Gasteiger partial charge on any atom is -0.391 e. The number of carbonyl (C=O) groups excluding carboxylic acids is 4. The van der Waals surface area contributed by atoms with E-state index in [0.717, 1.165) is 37.2 Å². The molecule has 2 heterocycles. The Balaban J connectivity index is 1.23. The van der Waals surface area contributed by atoms with Crippen LogP contribution in [0.5, 0.6) is 0 Å². The molecule has 0 radical (unpaired) electrons. The molecule has 48 heavy (non-hydrogen) atoms. The average Bonchev–Trinajstić information content (AvgIpc) is 3.89. The average molecular weight is 657 g/mol. The van der Waals surface area contributed by atoms with Gasteiger partial charge in [0.1, 0.15) is 0 Å². The van der Waals surface area contributed by atoms with E-state index in [9.17, 15) is 24.3 Å². The van der Waals surface area contributed by atoms with Crippen molar-refractivity contribution in [2.24, 2.45) is 23.7 Å². The second-order valence-corrected chi connectivity index (χ2v) is 15.1. The first-order valence-electron chi connectivity index (χ1n) is 18.2. The highest BCUT2D eigenvalue weighted by Crippen LogP contribution is 2.44. The number of hydrogen-bond donors (Lipinski definition) is 3. The molecule has 4 aliphatic rings. The molecule has 2 saturated carbocycles. The van der Waals surface area contributed by atoms with Crippen LogP contribution in [0.15, 0.2) is 48.5 Å². The summed E-state index contributed by atoms with van der Waals surface area (Å²) in [5.74, 6) is 0.963. The van der Waals surface area contributed by atoms with Gasteiger partial charge in [0.05, 0.1) is 12.1 Å². The predicted octanol–water partition coefficient (Wildman–Crippen LogP) is 5.39. The highest BCUT2D eigenvalue weighted by molar-refractivity contribution is 6.03. The Morgan fingerprint density at radius 1 is 0.896 bits per heavy atom. The van der Waals surface area contributed by atoms with Crippen LogP contribution in [0.1, 0.15) is 100 Å². The van der Waals surface area contributed by atoms with Gasteiger partial charge >= 0.3 is 0 Å². The topological polar surface area (TPSA) is 119 Å². The number of carbonyl (C=O) groups is 4. The summed E-state index contributed by atoms with van der Waals surface area (Å²) < 4.78 is 0. The molecule has 9 nitrogen and oxygen atoms in total. The van der Waals surface area contributed by atoms with E-state index in [2.05, 4.69) is 24.5 Å². The monoisotopic (exact) mass is 656 g/mol. The normalized spacial score (nSPS) is 24.0. The molecule has 3 N–H and O–H groups in total. The lowest BCUT2D eigenvalue weighted by Gasteiger charge is -2.30. The maximum Gasteiger partial charge on any atom is 0.251 e. The van der Waals surface area contributed by atoms with Gasteiger partial charge in [0, 0.05) is 54.8 Å². The van der Waals surface area contributed by atoms with Crippen molar-refractivity contribution in [2.75, 3.05) is 22.9 Å². The summed E-state index contributed by atoms with van der Waals surface area (Å²) >= 11 is 0. The number of aliphatic hydroxyl groups is 1. The highest BCUT2D eigenvalue weighted by Gasteiger charge is 2.41. The minimum absolute atomic E-state index is 0.000202. The van der Waals surface area contributed by atoms with E-state index >= 15 is 0 Å². The van der Waals surface area contributed by atoms with Crippen LogP contribution >= 0.6 is 0 Å². The fourth-order valence-electron chi connectivity index (χ4n) is 8.35. The van der Waals surface area contributed by atoms with Crippen molar-refractivity contribution < 1.29 is 24.3 Å². The Morgan fingerprint density at radius 3 is 2.10 bits per heavy atom. The molecule has 4 amide bonds. The van der Waals surface area contributed by atoms with Crippen LogP contribution in [0.25, 0.3) is 0 Å². The van der Waals surface area contributed by atoms with E-state index in [1.807, 2.05) is 36.4 Å². The third-order valence-corrected chi connectivity index (χ3v) is 11.1. The molecular weight excluding hydrogens is 604 g/mol. The number of nitrogens with one attached hydrogen (secondary N) is 2. The van der Waals surface area contributed by atoms with Crippen molar-refractivity contribution in [2.45, 2.75) is 109 Å². The molecule has 4 fully saturated rings. The Bertz CT molecular complexity index is 1430. The van der Waals surface area contributed by atoms with Crippen LogP contribution in [0.2, 0.25) is 0 Å². The zero-order valence-electron chi connectivity index (χ0n) is 28.5. The number of benzene rings is 2. The van der Waals surface area contributed by atoms with Gasteiger partial charge in [-0.1, -0.05) is 57.0 Å². The minimum atomic E-state index is -0.972. The van der Waals surface area contributed by atoms with Crippen molar-refractivity contribution in [1.29, 1.82) is 0 Å². The number of rotatable bonds is 14. The molecule has 2 bridgehead atoms. The summed E-state index contributed by atoms with van der Waals surface area (Å²) in [5, 5.41) is 18.3. The summed E-state index contributed by atoms with van der Waals surface area (Å²) in [4.78, 5) is 56.6. The summed E-state index contributed by atoms with van der Waals surface area (Å²) in [6, 6.07) is 14.6. The van der Waals surface area contributed by atoms with E-state index in [4.69, 9.17) is 0 Å². The molecule has 2 aliphatic heterocycles. The number of amides is 4. The Morgan fingerprint density at radius 2 is 1.56 bits per heavy atom. The van der Waals surface area contributed by atoms with Gasteiger partial charge in [0.2, 0.25) is 17.7 Å². The Kier molecular flexibility index (Phi) is 10.8. The number of aliphatic hydroxyl groups excluding tert-OH is 1. The van der Waals surface area contributed by atoms with Gasteiger partial charge in [0.15, 0.2) is 0 Å². The molecule has 2 aliphatic carbocycles. The number of hydrogen-bond acceptors (Lipinski definition) is 5. The molecule has 6 rings (SSSR count). The summed E-state index contributed by atoms with van der Waals surface area (Å²) in [6.45, 7) is 5.42. The molecule has 9 heteroatoms. The lowest BCUT2D eigenvalue weighted by Crippen LogP contribution is -2.48. The second-order valence-electron chi connectivity index (χ2n) is 15.1. The quantitative estimate of drug-likeness (QED) is 0.252. The first kappa shape index (κ1) is 34.2. The van der Waals surface area contributed by atoms with Crippen molar-refractivity contribution in [3.8, 4) is 0 Å². The lowest BCUT2D eigenvalue weighted by molar-refractivity contribution is -0.127. The molecule has 3 unspecified atom stereocenters. The van der Waals surface area contributed by atoms with Gasteiger partial charge in [-0.15, -0.1) is 0 Å². The number of anilines is 2. The summed E-state index contributed by atoms with van der Waals surface area (Å²) in [6.07, 6.45) is 8.29. The zero-order chi connectivity index (χ0) is 33.8. The lowest BCUT2D eigenvalue weighted by atomic mass is 9.87. The van der Waals surface area contributed by atoms with Crippen molar-refractivity contribution in [1.82, 2.24) is 10.6 Å². The van der Waals surface area contributed by atoms with E-state index in [0.29, 0.717) is 67.5 Å². The second kappa shape index (κ2) is 15.2. The van der Waals surface area contributed by atoms with Crippen LogP contribution in [0, 0.1) is 23.7 Å². The zero-order valence-corrected chi connectivity index (χ0v) is 28.5. The molecule has 2 aromatic carbocycles. The first-order valence-corrected chi connectivity index (χ1v) is 18.2. The van der Waals surface area contributed by atoms with Crippen LogP contribution in [-0.2, 0) is 20.8 Å². The highest BCUT2D eigenvalue weighted by atomic mass is 16.3. The van der Waals surface area contributed by atoms with E-state index < -0.39 is 12.1 Å². The van der Waals surface area contributed by atoms with E-state index in [1.54, 1.807) is 21.9 Å². The van der Waals surface area contributed by atoms with Crippen LogP contribution in [-0.4, -0.2) is 60.0 Å². The van der Waals surface area contributed by atoms with Gasteiger partial charge < -0.3 is 25.5 Å².